The van der Waals surface area contributed by atoms with Crippen molar-refractivity contribution in [2.75, 3.05) is 7.11 Å². The van der Waals surface area contributed by atoms with E-state index in [2.05, 4.69) is 0 Å². The van der Waals surface area contributed by atoms with Gasteiger partial charge in [0.25, 0.3) is 0 Å². The minimum atomic E-state index is -4.05. The molecule has 30 heavy (non-hydrogen) atoms. The first kappa shape index (κ1) is 21.7. The fraction of sp³-hybridized carbons (Fsp3) is 0.105. The van der Waals surface area contributed by atoms with Gasteiger partial charge in [0.1, 0.15) is 23.8 Å². The Labute approximate surface area is 177 Å². The third-order valence-corrected chi connectivity index (χ3v) is 5.51. The normalized spacial score (nSPS) is 11.3. The number of methoxy groups -OCH3 is 1. The largest absolute Gasteiger partial charge is 0.495 e. The second-order valence-corrected chi connectivity index (χ2v) is 8.18. The van der Waals surface area contributed by atoms with Crippen molar-refractivity contribution >= 4 is 27.7 Å². The van der Waals surface area contributed by atoms with Crippen LogP contribution in [0.2, 0.25) is 5.02 Å². The van der Waals surface area contributed by atoms with E-state index in [-0.39, 0.29) is 33.6 Å². The maximum Gasteiger partial charge on any atom is 0.338 e. The van der Waals surface area contributed by atoms with Gasteiger partial charge in [-0.2, -0.15) is 5.06 Å². The number of rotatable bonds is 6. The summed E-state index contributed by atoms with van der Waals surface area (Å²) in [6, 6.07) is 11.4. The van der Waals surface area contributed by atoms with Gasteiger partial charge in [0.15, 0.2) is 0 Å². The van der Waals surface area contributed by atoms with Gasteiger partial charge in [-0.25, -0.2) is 18.4 Å². The average molecular weight is 452 g/mol. The number of nitrogens with two attached hydrogens (primary N) is 2. The van der Waals surface area contributed by atoms with Crippen LogP contribution < -0.4 is 15.6 Å². The van der Waals surface area contributed by atoms with Gasteiger partial charge in [0, 0.05) is 16.7 Å². The van der Waals surface area contributed by atoms with Crippen molar-refractivity contribution in [1.29, 1.82) is 0 Å². The van der Waals surface area contributed by atoms with Crippen molar-refractivity contribution in [3.05, 3.63) is 59.3 Å². The molecule has 0 aliphatic heterocycles. The van der Waals surface area contributed by atoms with Crippen LogP contribution in [0, 0.1) is 0 Å². The highest BCUT2D eigenvalue weighted by Gasteiger charge is 2.23. The number of hydrogen-bond acceptors (Lipinski definition) is 6. The number of benzene rings is 2. The molecule has 0 unspecified atom stereocenters. The molecule has 3 rings (SSSR count). The Balaban J connectivity index is 2.23. The van der Waals surface area contributed by atoms with E-state index in [4.69, 9.17) is 31.6 Å². The summed E-state index contributed by atoms with van der Waals surface area (Å²) in [5.41, 5.74) is 6.21. The van der Waals surface area contributed by atoms with Gasteiger partial charge in [-0.05, 0) is 30.3 Å². The molecule has 11 heteroatoms. The first-order chi connectivity index (χ1) is 14.1. The predicted molar refractivity (Wildman–Crippen MR) is 109 cm³/mol. The van der Waals surface area contributed by atoms with Crippen molar-refractivity contribution in [3.8, 4) is 28.2 Å². The van der Waals surface area contributed by atoms with Crippen LogP contribution in [0.4, 0.5) is 4.79 Å². The molecule has 0 spiro atoms. The van der Waals surface area contributed by atoms with E-state index in [1.165, 1.54) is 25.3 Å². The van der Waals surface area contributed by atoms with Crippen LogP contribution in [0.5, 0.6) is 5.75 Å². The minimum absolute atomic E-state index is 0.117. The third-order valence-electron chi connectivity index (χ3n) is 4.24. The fourth-order valence-electron chi connectivity index (χ4n) is 2.90. The van der Waals surface area contributed by atoms with Gasteiger partial charge in [-0.3, -0.25) is 5.21 Å². The monoisotopic (exact) mass is 451 g/mol. The topological polar surface area (TPSA) is 149 Å². The zero-order chi connectivity index (χ0) is 22.1. The van der Waals surface area contributed by atoms with Crippen LogP contribution in [0.15, 0.2) is 57.8 Å². The number of carbonyl (C=O) groups excluding carboxylic acids is 1. The quantitative estimate of drug-likeness (QED) is 0.387. The van der Waals surface area contributed by atoms with E-state index in [0.29, 0.717) is 21.9 Å². The molecule has 158 valence electrons. The standard InChI is InChI=1S/C19H18ClN3O6S/c1-28-16-7-6-11(8-15(16)20)18-14(9-12(29-18)10-23(25)19(21)24)13-4-2-3-5-17(13)30(22,26)27/h2-9,25H,10H2,1H3,(H2,21,24)(H2,22,26,27). The molecule has 0 saturated carbocycles. The number of hydroxylamine groups is 2. The molecule has 9 nitrogen and oxygen atoms in total. The predicted octanol–water partition coefficient (Wildman–Crippen LogP) is 3.19. The Morgan fingerprint density at radius 1 is 1.20 bits per heavy atom. The minimum Gasteiger partial charge on any atom is -0.495 e. The molecule has 0 radical (unpaired) electrons. The van der Waals surface area contributed by atoms with Crippen LogP contribution in [0.1, 0.15) is 5.76 Å². The highest BCUT2D eigenvalue weighted by atomic mass is 35.5. The van der Waals surface area contributed by atoms with Gasteiger partial charge in [0.2, 0.25) is 10.0 Å². The molecular weight excluding hydrogens is 434 g/mol. The first-order valence-corrected chi connectivity index (χ1v) is 10.4. The molecule has 0 atom stereocenters. The number of urea groups is 1. The highest BCUT2D eigenvalue weighted by Crippen LogP contribution is 2.40. The Bertz CT molecular complexity index is 1210. The molecule has 2 amide bonds. The van der Waals surface area contributed by atoms with Crippen molar-refractivity contribution in [1.82, 2.24) is 5.06 Å². The van der Waals surface area contributed by atoms with E-state index in [0.717, 1.165) is 0 Å². The molecule has 0 bridgehead atoms. The SMILES string of the molecule is COc1ccc(-c2oc(CN(O)C(N)=O)cc2-c2ccccc2S(N)(=O)=O)cc1Cl. The van der Waals surface area contributed by atoms with E-state index in [9.17, 15) is 18.4 Å². The van der Waals surface area contributed by atoms with Crippen LogP contribution in [0.3, 0.4) is 0 Å². The van der Waals surface area contributed by atoms with E-state index >= 15 is 0 Å². The lowest BCUT2D eigenvalue weighted by Crippen LogP contribution is -2.31. The summed E-state index contributed by atoms with van der Waals surface area (Å²) < 4.78 is 35.1. The van der Waals surface area contributed by atoms with Gasteiger partial charge in [-0.15, -0.1) is 0 Å². The number of primary amides is 1. The smallest absolute Gasteiger partial charge is 0.338 e. The lowest BCUT2D eigenvalue weighted by molar-refractivity contribution is -0.0511. The number of hydrogen-bond donors (Lipinski definition) is 3. The van der Waals surface area contributed by atoms with Gasteiger partial charge in [-0.1, -0.05) is 29.8 Å². The Kier molecular flexibility index (Phi) is 6.04. The third kappa shape index (κ3) is 4.41. The van der Waals surface area contributed by atoms with Crippen LogP contribution in [0.25, 0.3) is 22.5 Å². The van der Waals surface area contributed by atoms with Gasteiger partial charge in [0.05, 0.1) is 17.0 Å². The second-order valence-electron chi connectivity index (χ2n) is 6.24. The summed E-state index contributed by atoms with van der Waals surface area (Å²) in [5.74, 6) is 0.843. The summed E-state index contributed by atoms with van der Waals surface area (Å²) in [4.78, 5) is 11.0. The molecule has 0 saturated heterocycles. The van der Waals surface area contributed by atoms with Crippen molar-refractivity contribution in [2.24, 2.45) is 10.9 Å². The van der Waals surface area contributed by atoms with Gasteiger partial charge >= 0.3 is 6.03 Å². The number of carbonyl (C=O) groups is 1. The molecule has 0 aliphatic carbocycles. The molecule has 5 N–H and O–H groups in total. The number of halogens is 1. The lowest BCUT2D eigenvalue weighted by atomic mass is 10.0. The molecule has 1 aromatic heterocycles. The molecule has 1 heterocycles. The summed E-state index contributed by atoms with van der Waals surface area (Å²) in [6.45, 7) is -0.357. The molecule has 3 aromatic rings. The molecule has 0 aliphatic rings. The van der Waals surface area contributed by atoms with Gasteiger partial charge < -0.3 is 14.9 Å². The maximum absolute atomic E-state index is 12.1. The van der Waals surface area contributed by atoms with Crippen LogP contribution in [-0.2, 0) is 16.6 Å². The summed E-state index contributed by atoms with van der Waals surface area (Å²) in [5, 5.41) is 15.6. The van der Waals surface area contributed by atoms with E-state index < -0.39 is 16.1 Å². The molecule has 0 fully saturated rings. The Morgan fingerprint density at radius 2 is 1.90 bits per heavy atom. The fourth-order valence-corrected chi connectivity index (χ4v) is 3.92. The number of nitrogens with zero attached hydrogens (tertiary/aromatic N) is 1. The first-order valence-electron chi connectivity index (χ1n) is 8.46. The van der Waals surface area contributed by atoms with Crippen molar-refractivity contribution < 1.29 is 27.6 Å². The molecule has 2 aromatic carbocycles. The average Bonchev–Trinajstić information content (AvgIpc) is 3.10. The van der Waals surface area contributed by atoms with E-state index in [1.54, 1.807) is 30.3 Å². The highest BCUT2D eigenvalue weighted by molar-refractivity contribution is 7.89. The number of furan rings is 1. The number of amides is 2. The zero-order valence-electron chi connectivity index (χ0n) is 15.7. The van der Waals surface area contributed by atoms with Crippen LogP contribution in [-0.4, -0.2) is 31.8 Å². The molecular formula is C19H18ClN3O6S. The summed E-state index contributed by atoms with van der Waals surface area (Å²) in [7, 11) is -2.58. The number of primary sulfonamides is 1. The Hall–Kier alpha value is -3.05. The van der Waals surface area contributed by atoms with E-state index in [1.807, 2.05) is 0 Å². The summed E-state index contributed by atoms with van der Waals surface area (Å²) >= 11 is 6.22. The summed E-state index contributed by atoms with van der Waals surface area (Å²) in [6.07, 6.45) is 0. The van der Waals surface area contributed by atoms with Crippen molar-refractivity contribution in [3.63, 3.8) is 0 Å². The maximum atomic E-state index is 12.1. The number of sulfonamides is 1. The van der Waals surface area contributed by atoms with Crippen LogP contribution >= 0.6 is 11.6 Å². The lowest BCUT2D eigenvalue weighted by Gasteiger charge is -2.09. The second kappa shape index (κ2) is 8.36. The number of ether oxygens (including phenoxy) is 1. The van der Waals surface area contributed by atoms with Crippen molar-refractivity contribution in [2.45, 2.75) is 11.4 Å². The Morgan fingerprint density at radius 3 is 2.50 bits per heavy atom. The zero-order valence-corrected chi connectivity index (χ0v) is 17.3.